The normalized spacial score (nSPS) is 10.2. The van der Waals surface area contributed by atoms with Gasteiger partial charge in [0, 0.05) is 18.9 Å². The number of anilines is 2. The standard InChI is InChI=1S/C14H14Cl2N4O/c1-2-6-17-14-18-7-9(8-19-14)13(21)20-11-5-3-4-10(15)12(11)16/h3-5,7-8H,2,6H2,1H3,(H,20,21)(H,17,18,19). The molecular weight excluding hydrogens is 311 g/mol. The fraction of sp³-hybridized carbons (Fsp3) is 0.214. The molecule has 21 heavy (non-hydrogen) atoms. The Morgan fingerprint density at radius 2 is 1.95 bits per heavy atom. The second-order valence-electron chi connectivity index (χ2n) is 4.28. The minimum atomic E-state index is -0.346. The molecular formula is C14H14Cl2N4O. The van der Waals surface area contributed by atoms with Gasteiger partial charge in [-0.1, -0.05) is 36.2 Å². The number of nitrogens with zero attached hydrogens (tertiary/aromatic N) is 2. The van der Waals surface area contributed by atoms with E-state index in [0.29, 0.717) is 27.2 Å². The number of hydrogen-bond acceptors (Lipinski definition) is 4. The largest absolute Gasteiger partial charge is 0.354 e. The Hall–Kier alpha value is -1.85. The van der Waals surface area contributed by atoms with Crippen LogP contribution in [0.1, 0.15) is 23.7 Å². The number of benzene rings is 1. The minimum absolute atomic E-state index is 0.301. The molecule has 0 radical (unpaired) electrons. The maximum Gasteiger partial charge on any atom is 0.258 e. The van der Waals surface area contributed by atoms with Crippen LogP contribution in [0.2, 0.25) is 10.0 Å². The highest BCUT2D eigenvalue weighted by Gasteiger charge is 2.11. The van der Waals surface area contributed by atoms with Gasteiger partial charge < -0.3 is 10.6 Å². The molecule has 0 aliphatic rings. The van der Waals surface area contributed by atoms with Crippen LogP contribution in [0.4, 0.5) is 11.6 Å². The van der Waals surface area contributed by atoms with Gasteiger partial charge in [0.1, 0.15) is 0 Å². The summed E-state index contributed by atoms with van der Waals surface area (Å²) in [6.45, 7) is 2.83. The summed E-state index contributed by atoms with van der Waals surface area (Å²) in [6.07, 6.45) is 3.89. The molecule has 2 N–H and O–H groups in total. The van der Waals surface area contributed by atoms with Crippen LogP contribution >= 0.6 is 23.2 Å². The van der Waals surface area contributed by atoms with Gasteiger partial charge in [0.05, 0.1) is 21.3 Å². The molecule has 0 aliphatic heterocycles. The molecule has 0 spiro atoms. The van der Waals surface area contributed by atoms with Crippen molar-refractivity contribution in [2.75, 3.05) is 17.2 Å². The Labute approximate surface area is 132 Å². The van der Waals surface area contributed by atoms with Gasteiger partial charge in [-0.15, -0.1) is 0 Å². The smallest absolute Gasteiger partial charge is 0.258 e. The number of aromatic nitrogens is 2. The number of rotatable bonds is 5. The van der Waals surface area contributed by atoms with Crippen LogP contribution < -0.4 is 10.6 Å². The molecule has 0 aliphatic carbocycles. The van der Waals surface area contributed by atoms with Crippen molar-refractivity contribution in [1.29, 1.82) is 0 Å². The van der Waals surface area contributed by atoms with Gasteiger partial charge in [0.15, 0.2) is 0 Å². The highest BCUT2D eigenvalue weighted by molar-refractivity contribution is 6.44. The second kappa shape index (κ2) is 7.24. The van der Waals surface area contributed by atoms with Crippen molar-refractivity contribution in [3.05, 3.63) is 46.2 Å². The average molecular weight is 325 g/mol. The first-order valence-corrected chi connectivity index (χ1v) is 7.18. The fourth-order valence-electron chi connectivity index (χ4n) is 1.57. The summed E-state index contributed by atoms with van der Waals surface area (Å²) in [4.78, 5) is 20.2. The van der Waals surface area contributed by atoms with Gasteiger partial charge in [-0.3, -0.25) is 4.79 Å². The number of carbonyl (C=O) groups is 1. The lowest BCUT2D eigenvalue weighted by atomic mass is 10.2. The SMILES string of the molecule is CCCNc1ncc(C(=O)Nc2cccc(Cl)c2Cl)cn1. The Morgan fingerprint density at radius 1 is 1.24 bits per heavy atom. The summed E-state index contributed by atoms with van der Waals surface area (Å²) >= 11 is 11.9. The summed E-state index contributed by atoms with van der Waals surface area (Å²) < 4.78 is 0. The van der Waals surface area contributed by atoms with Gasteiger partial charge in [-0.05, 0) is 18.6 Å². The Kier molecular flexibility index (Phi) is 5.36. The Bertz CT molecular complexity index is 631. The summed E-state index contributed by atoms with van der Waals surface area (Å²) in [5.41, 5.74) is 0.787. The van der Waals surface area contributed by atoms with E-state index >= 15 is 0 Å². The molecule has 2 aromatic rings. The highest BCUT2D eigenvalue weighted by Crippen LogP contribution is 2.29. The van der Waals surface area contributed by atoms with Crippen molar-refractivity contribution in [2.45, 2.75) is 13.3 Å². The lowest BCUT2D eigenvalue weighted by Crippen LogP contribution is -2.14. The molecule has 0 atom stereocenters. The van der Waals surface area contributed by atoms with Gasteiger partial charge in [0.25, 0.3) is 5.91 Å². The first-order chi connectivity index (χ1) is 10.1. The van der Waals surface area contributed by atoms with Gasteiger partial charge in [0.2, 0.25) is 5.95 Å². The summed E-state index contributed by atoms with van der Waals surface area (Å²) in [5, 5.41) is 6.39. The number of carbonyl (C=O) groups excluding carboxylic acids is 1. The quantitative estimate of drug-likeness (QED) is 0.876. The first-order valence-electron chi connectivity index (χ1n) is 6.43. The monoisotopic (exact) mass is 324 g/mol. The van der Waals surface area contributed by atoms with Crippen molar-refractivity contribution in [3.63, 3.8) is 0 Å². The van der Waals surface area contributed by atoms with Crippen LogP contribution in [0.5, 0.6) is 0 Å². The molecule has 0 fully saturated rings. The van der Waals surface area contributed by atoms with Crippen molar-refractivity contribution >= 4 is 40.7 Å². The lowest BCUT2D eigenvalue weighted by Gasteiger charge is -2.08. The van der Waals surface area contributed by atoms with Crippen molar-refractivity contribution in [1.82, 2.24) is 9.97 Å². The number of amides is 1. The summed E-state index contributed by atoms with van der Waals surface area (Å²) in [6, 6.07) is 5.03. The third-order valence-corrected chi connectivity index (χ3v) is 3.47. The molecule has 110 valence electrons. The molecule has 1 aromatic heterocycles. The summed E-state index contributed by atoms with van der Waals surface area (Å²) in [7, 11) is 0. The highest BCUT2D eigenvalue weighted by atomic mass is 35.5. The zero-order chi connectivity index (χ0) is 15.2. The van der Waals surface area contributed by atoms with E-state index in [0.717, 1.165) is 13.0 Å². The van der Waals surface area contributed by atoms with Crippen molar-refractivity contribution in [2.24, 2.45) is 0 Å². The van der Waals surface area contributed by atoms with Crippen LogP contribution in [-0.2, 0) is 0 Å². The van der Waals surface area contributed by atoms with E-state index in [-0.39, 0.29) is 5.91 Å². The Balaban J connectivity index is 2.08. The van der Waals surface area contributed by atoms with E-state index in [4.69, 9.17) is 23.2 Å². The molecule has 1 amide bonds. The van der Waals surface area contributed by atoms with E-state index in [2.05, 4.69) is 20.6 Å². The predicted octanol–water partition coefficient (Wildman–Crippen LogP) is 3.86. The first kappa shape index (κ1) is 15.5. The van der Waals surface area contributed by atoms with Gasteiger partial charge >= 0.3 is 0 Å². The van der Waals surface area contributed by atoms with Crippen LogP contribution in [0.15, 0.2) is 30.6 Å². The van der Waals surface area contributed by atoms with E-state index in [1.54, 1.807) is 18.2 Å². The topological polar surface area (TPSA) is 66.9 Å². The molecule has 0 saturated heterocycles. The third kappa shape index (κ3) is 4.06. The molecule has 2 rings (SSSR count). The Morgan fingerprint density at radius 3 is 2.62 bits per heavy atom. The van der Waals surface area contributed by atoms with E-state index in [1.807, 2.05) is 6.92 Å². The van der Waals surface area contributed by atoms with E-state index in [1.165, 1.54) is 12.4 Å². The van der Waals surface area contributed by atoms with E-state index in [9.17, 15) is 4.79 Å². The molecule has 5 nitrogen and oxygen atoms in total. The molecule has 0 bridgehead atoms. The average Bonchev–Trinajstić information content (AvgIpc) is 2.50. The van der Waals surface area contributed by atoms with Gasteiger partial charge in [-0.25, -0.2) is 9.97 Å². The fourth-order valence-corrected chi connectivity index (χ4v) is 1.92. The van der Waals surface area contributed by atoms with Crippen LogP contribution in [0, 0.1) is 0 Å². The summed E-state index contributed by atoms with van der Waals surface area (Å²) in [5.74, 6) is 0.149. The maximum atomic E-state index is 12.1. The van der Waals surface area contributed by atoms with Crippen LogP contribution in [0.25, 0.3) is 0 Å². The molecule has 1 aromatic carbocycles. The molecule has 7 heteroatoms. The number of nitrogens with one attached hydrogen (secondary N) is 2. The van der Waals surface area contributed by atoms with Crippen LogP contribution in [-0.4, -0.2) is 22.4 Å². The number of halogens is 2. The van der Waals surface area contributed by atoms with Crippen LogP contribution in [0.3, 0.4) is 0 Å². The van der Waals surface area contributed by atoms with Crippen molar-refractivity contribution < 1.29 is 4.79 Å². The molecule has 0 saturated carbocycles. The zero-order valence-electron chi connectivity index (χ0n) is 11.4. The van der Waals surface area contributed by atoms with Crippen molar-refractivity contribution in [3.8, 4) is 0 Å². The zero-order valence-corrected chi connectivity index (χ0v) is 12.9. The van der Waals surface area contributed by atoms with E-state index < -0.39 is 0 Å². The van der Waals surface area contributed by atoms with Gasteiger partial charge in [-0.2, -0.15) is 0 Å². The predicted molar refractivity (Wildman–Crippen MR) is 85.2 cm³/mol. The molecule has 0 unspecified atom stereocenters. The number of hydrogen-bond donors (Lipinski definition) is 2. The maximum absolute atomic E-state index is 12.1. The third-order valence-electron chi connectivity index (χ3n) is 2.65. The minimum Gasteiger partial charge on any atom is -0.354 e. The second-order valence-corrected chi connectivity index (χ2v) is 5.06. The molecule has 1 heterocycles. The lowest BCUT2D eigenvalue weighted by molar-refractivity contribution is 0.102.